The van der Waals surface area contributed by atoms with E-state index in [2.05, 4.69) is 10.3 Å². The number of aromatic nitrogens is 1. The van der Waals surface area contributed by atoms with E-state index in [1.165, 1.54) is 0 Å². The molecular formula is C22H27N3O4. The number of amides is 2. The van der Waals surface area contributed by atoms with Crippen LogP contribution in [0.2, 0.25) is 0 Å². The number of fused-ring (bicyclic) bond motifs is 1. The highest BCUT2D eigenvalue weighted by Crippen LogP contribution is 2.32. The maximum Gasteiger partial charge on any atom is 0.270 e. The summed E-state index contributed by atoms with van der Waals surface area (Å²) in [6, 6.07) is 5.66. The molecule has 1 aromatic heterocycles. The summed E-state index contributed by atoms with van der Waals surface area (Å²) < 4.78 is 10.7. The van der Waals surface area contributed by atoms with Crippen molar-refractivity contribution in [3.05, 3.63) is 46.3 Å². The van der Waals surface area contributed by atoms with Gasteiger partial charge in [-0.1, -0.05) is 6.07 Å². The number of carbonyl (C=O) groups excluding carboxylic acids is 2. The first kappa shape index (κ1) is 19.4. The smallest absolute Gasteiger partial charge is 0.270 e. The Morgan fingerprint density at radius 3 is 2.72 bits per heavy atom. The van der Waals surface area contributed by atoms with Crippen LogP contribution in [-0.4, -0.2) is 41.6 Å². The maximum absolute atomic E-state index is 13.0. The van der Waals surface area contributed by atoms with E-state index in [4.69, 9.17) is 9.47 Å². The highest BCUT2D eigenvalue weighted by Gasteiger charge is 2.30. The summed E-state index contributed by atoms with van der Waals surface area (Å²) in [4.78, 5) is 30.7. The Morgan fingerprint density at radius 2 is 1.97 bits per heavy atom. The second-order valence-electron chi connectivity index (χ2n) is 7.87. The lowest BCUT2D eigenvalue weighted by atomic mass is 9.96. The molecule has 1 fully saturated rings. The van der Waals surface area contributed by atoms with Crippen molar-refractivity contribution in [3.63, 3.8) is 0 Å². The Hall–Kier alpha value is -2.96. The minimum absolute atomic E-state index is 0.0178. The van der Waals surface area contributed by atoms with Gasteiger partial charge in [0.1, 0.15) is 5.69 Å². The first-order valence-corrected chi connectivity index (χ1v) is 10.1. The van der Waals surface area contributed by atoms with E-state index in [9.17, 15) is 9.59 Å². The van der Waals surface area contributed by atoms with E-state index in [-0.39, 0.29) is 24.5 Å². The number of H-pyrrole nitrogens is 1. The van der Waals surface area contributed by atoms with Gasteiger partial charge >= 0.3 is 0 Å². The number of likely N-dealkylation sites (tertiary alicyclic amines) is 1. The van der Waals surface area contributed by atoms with Crippen molar-refractivity contribution in [1.29, 1.82) is 0 Å². The van der Waals surface area contributed by atoms with E-state index >= 15 is 0 Å². The lowest BCUT2D eigenvalue weighted by Crippen LogP contribution is -2.45. The van der Waals surface area contributed by atoms with Crippen molar-refractivity contribution in [3.8, 4) is 11.5 Å². The summed E-state index contributed by atoms with van der Waals surface area (Å²) in [6.45, 7) is 7.74. The number of hydrogen-bond donors (Lipinski definition) is 2. The van der Waals surface area contributed by atoms with Gasteiger partial charge in [0, 0.05) is 25.3 Å². The maximum atomic E-state index is 13.0. The molecular weight excluding hydrogens is 370 g/mol. The van der Waals surface area contributed by atoms with Gasteiger partial charge in [0.2, 0.25) is 12.7 Å². The van der Waals surface area contributed by atoms with Crippen molar-refractivity contribution in [2.24, 2.45) is 5.92 Å². The molecule has 154 valence electrons. The largest absolute Gasteiger partial charge is 0.454 e. The first-order chi connectivity index (χ1) is 13.9. The molecule has 29 heavy (non-hydrogen) atoms. The van der Waals surface area contributed by atoms with E-state index in [1.807, 2.05) is 39.0 Å². The number of nitrogens with zero attached hydrogens (tertiary/aromatic N) is 1. The van der Waals surface area contributed by atoms with Crippen LogP contribution in [0, 0.1) is 26.7 Å². The Kier molecular flexibility index (Phi) is 5.22. The molecule has 0 saturated carbocycles. The average molecular weight is 397 g/mol. The van der Waals surface area contributed by atoms with Crippen LogP contribution in [0.4, 0.5) is 0 Å². The number of ether oxygens (including phenoxy) is 2. The van der Waals surface area contributed by atoms with Gasteiger partial charge in [0.25, 0.3) is 5.91 Å². The second kappa shape index (κ2) is 7.81. The molecule has 4 rings (SSSR count). The molecule has 0 bridgehead atoms. The molecule has 2 aliphatic heterocycles. The van der Waals surface area contributed by atoms with Crippen LogP contribution in [0.1, 0.15) is 45.7 Å². The highest BCUT2D eigenvalue weighted by atomic mass is 16.7. The molecule has 0 radical (unpaired) electrons. The zero-order chi connectivity index (χ0) is 20.5. The van der Waals surface area contributed by atoms with E-state index in [0.29, 0.717) is 31.1 Å². The zero-order valence-corrected chi connectivity index (χ0v) is 17.1. The van der Waals surface area contributed by atoms with Crippen LogP contribution in [0.3, 0.4) is 0 Å². The quantitative estimate of drug-likeness (QED) is 0.831. The van der Waals surface area contributed by atoms with Crippen molar-refractivity contribution < 1.29 is 19.1 Å². The lowest BCUT2D eigenvalue weighted by molar-refractivity contribution is -0.126. The van der Waals surface area contributed by atoms with Crippen LogP contribution in [-0.2, 0) is 11.3 Å². The van der Waals surface area contributed by atoms with Crippen molar-refractivity contribution in [2.45, 2.75) is 40.2 Å². The van der Waals surface area contributed by atoms with Crippen LogP contribution in [0.5, 0.6) is 11.5 Å². The first-order valence-electron chi connectivity index (χ1n) is 10.1. The fraction of sp³-hybridized carbons (Fsp3) is 0.455. The van der Waals surface area contributed by atoms with Gasteiger partial charge < -0.3 is 24.7 Å². The number of carbonyl (C=O) groups is 2. The minimum atomic E-state index is -0.195. The second-order valence-corrected chi connectivity index (χ2v) is 7.87. The van der Waals surface area contributed by atoms with Gasteiger partial charge in [-0.15, -0.1) is 0 Å². The van der Waals surface area contributed by atoms with Gasteiger partial charge in [-0.25, -0.2) is 0 Å². The molecule has 1 unspecified atom stereocenters. The molecule has 1 aromatic carbocycles. The zero-order valence-electron chi connectivity index (χ0n) is 17.1. The molecule has 3 heterocycles. The summed E-state index contributed by atoms with van der Waals surface area (Å²) >= 11 is 0. The van der Waals surface area contributed by atoms with E-state index in [1.54, 1.807) is 4.90 Å². The predicted molar refractivity (Wildman–Crippen MR) is 108 cm³/mol. The summed E-state index contributed by atoms with van der Waals surface area (Å²) in [5.41, 5.74) is 4.71. The number of nitrogens with one attached hydrogen (secondary N) is 2. The number of aryl methyl sites for hydroxylation is 1. The number of piperidine rings is 1. The van der Waals surface area contributed by atoms with Crippen LogP contribution in [0.15, 0.2) is 18.2 Å². The minimum Gasteiger partial charge on any atom is -0.454 e. The predicted octanol–water partition coefficient (Wildman–Crippen LogP) is 2.84. The fourth-order valence-corrected chi connectivity index (χ4v) is 3.98. The van der Waals surface area contributed by atoms with Crippen molar-refractivity contribution >= 4 is 11.8 Å². The highest BCUT2D eigenvalue weighted by molar-refractivity contribution is 5.95. The van der Waals surface area contributed by atoms with Crippen LogP contribution in [0.25, 0.3) is 0 Å². The average Bonchev–Trinajstić information content (AvgIpc) is 3.31. The van der Waals surface area contributed by atoms with Gasteiger partial charge in [-0.3, -0.25) is 9.59 Å². The monoisotopic (exact) mass is 397 g/mol. The molecule has 1 saturated heterocycles. The molecule has 7 nitrogen and oxygen atoms in total. The molecule has 7 heteroatoms. The molecule has 2 aliphatic rings. The van der Waals surface area contributed by atoms with Crippen LogP contribution < -0.4 is 14.8 Å². The standard InChI is InChI=1S/C22H27N3O4/c1-13-14(2)20(24-15(13)3)22(27)25-8-4-5-17(11-25)21(26)23-10-16-6-7-18-19(9-16)29-12-28-18/h6-7,9,17,24H,4-5,8,10-12H2,1-3H3,(H,23,26). The summed E-state index contributed by atoms with van der Waals surface area (Å²) in [7, 11) is 0. The SMILES string of the molecule is Cc1[nH]c(C(=O)N2CCCC(C(=O)NCc3ccc4c(c3)OCO4)C2)c(C)c1C. The topological polar surface area (TPSA) is 83.7 Å². The Morgan fingerprint density at radius 1 is 1.17 bits per heavy atom. The van der Waals surface area contributed by atoms with E-state index in [0.717, 1.165) is 41.0 Å². The molecule has 0 spiro atoms. The third-order valence-corrected chi connectivity index (χ3v) is 6.01. The molecule has 0 aliphatic carbocycles. The van der Waals surface area contributed by atoms with Crippen LogP contribution >= 0.6 is 0 Å². The third-order valence-electron chi connectivity index (χ3n) is 6.01. The van der Waals surface area contributed by atoms with Gasteiger partial charge in [-0.05, 0) is 62.4 Å². The lowest BCUT2D eigenvalue weighted by Gasteiger charge is -2.32. The molecule has 2 aromatic rings. The normalized spacial score (nSPS) is 18.0. The Bertz CT molecular complexity index is 950. The number of rotatable bonds is 4. The molecule has 2 N–H and O–H groups in total. The summed E-state index contributed by atoms with van der Waals surface area (Å²) in [6.07, 6.45) is 1.62. The third kappa shape index (κ3) is 3.81. The van der Waals surface area contributed by atoms with Gasteiger partial charge in [-0.2, -0.15) is 0 Å². The van der Waals surface area contributed by atoms with Crippen molar-refractivity contribution in [1.82, 2.24) is 15.2 Å². The van der Waals surface area contributed by atoms with Crippen molar-refractivity contribution in [2.75, 3.05) is 19.9 Å². The molecule has 2 amide bonds. The Balaban J connectivity index is 1.37. The Labute approximate surface area is 170 Å². The number of benzene rings is 1. The molecule has 1 atom stereocenters. The number of hydrogen-bond acceptors (Lipinski definition) is 4. The summed E-state index contributed by atoms with van der Waals surface area (Å²) in [5, 5.41) is 3.00. The number of aromatic amines is 1. The van der Waals surface area contributed by atoms with Gasteiger partial charge in [0.15, 0.2) is 11.5 Å². The summed E-state index contributed by atoms with van der Waals surface area (Å²) in [5.74, 6) is 1.20. The van der Waals surface area contributed by atoms with Gasteiger partial charge in [0.05, 0.1) is 5.92 Å². The fourth-order valence-electron chi connectivity index (χ4n) is 3.98. The van der Waals surface area contributed by atoms with E-state index < -0.39 is 0 Å².